The Morgan fingerprint density at radius 1 is 0.850 bits per heavy atom. The first kappa shape index (κ1) is 31.7. The Bertz CT molecular complexity index is 1440. The highest BCUT2D eigenvalue weighted by Crippen LogP contribution is 2.30. The highest BCUT2D eigenvalue weighted by atomic mass is 35.5. The lowest BCUT2D eigenvalue weighted by Crippen LogP contribution is -2.56. The summed E-state index contributed by atoms with van der Waals surface area (Å²) in [6.45, 7) is 4.78. The van der Waals surface area contributed by atoms with Crippen molar-refractivity contribution < 1.29 is 18.0 Å². The molecule has 0 saturated carbocycles. The van der Waals surface area contributed by atoms with E-state index >= 15 is 0 Å². The number of benzene rings is 3. The minimum absolute atomic E-state index is 0.132. The second kappa shape index (κ2) is 13.3. The molecule has 1 N–H and O–H groups in total. The molecule has 40 heavy (non-hydrogen) atoms. The van der Waals surface area contributed by atoms with Crippen molar-refractivity contribution in [1.29, 1.82) is 0 Å². The van der Waals surface area contributed by atoms with E-state index in [1.807, 2.05) is 51.1 Å². The minimum atomic E-state index is -3.94. The van der Waals surface area contributed by atoms with Crippen LogP contribution in [0.5, 0.6) is 0 Å². The molecule has 0 aliphatic heterocycles. The van der Waals surface area contributed by atoms with Crippen LogP contribution in [0.4, 0.5) is 5.69 Å². The number of para-hydroxylation sites is 1. The number of sulfonamides is 1. The largest absolute Gasteiger partial charge is 0.350 e. The van der Waals surface area contributed by atoms with Gasteiger partial charge in [0, 0.05) is 34.1 Å². The molecular formula is C29H32Cl3N3O4S. The maximum atomic E-state index is 14.1. The molecule has 0 heterocycles. The second-order valence-electron chi connectivity index (χ2n) is 10.4. The van der Waals surface area contributed by atoms with Gasteiger partial charge in [-0.25, -0.2) is 8.42 Å². The van der Waals surface area contributed by atoms with Gasteiger partial charge in [-0.2, -0.15) is 0 Å². The third-order valence-electron chi connectivity index (χ3n) is 5.96. The normalized spacial score (nSPS) is 12.5. The molecule has 3 aromatic rings. The summed E-state index contributed by atoms with van der Waals surface area (Å²) in [5, 5.41) is 3.74. The first-order valence-electron chi connectivity index (χ1n) is 12.5. The molecule has 0 bridgehead atoms. The second-order valence-corrected chi connectivity index (χ2v) is 13.5. The van der Waals surface area contributed by atoms with Gasteiger partial charge in [-0.3, -0.25) is 13.9 Å². The lowest BCUT2D eigenvalue weighted by Gasteiger charge is -2.35. The topological polar surface area (TPSA) is 86.8 Å². The van der Waals surface area contributed by atoms with E-state index in [0.29, 0.717) is 15.6 Å². The van der Waals surface area contributed by atoms with Crippen LogP contribution in [0.25, 0.3) is 0 Å². The molecule has 7 nitrogen and oxygen atoms in total. The van der Waals surface area contributed by atoms with Crippen LogP contribution in [0, 0.1) is 0 Å². The minimum Gasteiger partial charge on any atom is -0.350 e. The van der Waals surface area contributed by atoms with Gasteiger partial charge < -0.3 is 10.2 Å². The summed E-state index contributed by atoms with van der Waals surface area (Å²) >= 11 is 19.3. The van der Waals surface area contributed by atoms with Gasteiger partial charge in [-0.05, 0) is 50.6 Å². The lowest BCUT2D eigenvalue weighted by atomic mass is 10.0. The summed E-state index contributed by atoms with van der Waals surface area (Å²) < 4.78 is 26.7. The summed E-state index contributed by atoms with van der Waals surface area (Å²) in [6, 6.07) is 19.5. The van der Waals surface area contributed by atoms with Crippen molar-refractivity contribution in [2.75, 3.05) is 17.1 Å². The monoisotopic (exact) mass is 623 g/mol. The van der Waals surface area contributed by atoms with Gasteiger partial charge in [0.05, 0.1) is 17.0 Å². The van der Waals surface area contributed by atoms with Gasteiger partial charge >= 0.3 is 0 Å². The van der Waals surface area contributed by atoms with Crippen LogP contribution >= 0.6 is 34.8 Å². The standard InChI is InChI=1S/C29H32Cl3N3O4S/c1-29(2,3)33-28(37)26(17-20-11-6-5-7-12-20)34(18-21-22(30)14-10-15-23(21)31)27(36)19-35(40(4,38)39)25-16-9-8-13-24(25)32/h5-16,26H,17-19H2,1-4H3,(H,33,37)/t26-/m0/s1. The van der Waals surface area contributed by atoms with E-state index in [0.717, 1.165) is 16.1 Å². The highest BCUT2D eigenvalue weighted by molar-refractivity contribution is 7.92. The Labute approximate surface area is 251 Å². The van der Waals surface area contributed by atoms with E-state index in [-0.39, 0.29) is 23.7 Å². The third kappa shape index (κ3) is 8.61. The molecule has 0 unspecified atom stereocenters. The first-order valence-corrected chi connectivity index (χ1v) is 15.5. The Morgan fingerprint density at radius 2 is 1.40 bits per heavy atom. The maximum Gasteiger partial charge on any atom is 0.244 e. The van der Waals surface area contributed by atoms with Crippen molar-refractivity contribution in [1.82, 2.24) is 10.2 Å². The van der Waals surface area contributed by atoms with Crippen LogP contribution < -0.4 is 9.62 Å². The number of carbonyl (C=O) groups is 2. The Morgan fingerprint density at radius 3 is 1.95 bits per heavy atom. The van der Waals surface area contributed by atoms with E-state index in [2.05, 4.69) is 5.32 Å². The van der Waals surface area contributed by atoms with Gasteiger partial charge in [0.1, 0.15) is 12.6 Å². The molecule has 11 heteroatoms. The molecule has 0 radical (unpaired) electrons. The van der Waals surface area contributed by atoms with Gasteiger partial charge in [-0.1, -0.05) is 83.3 Å². The van der Waals surface area contributed by atoms with Crippen LogP contribution in [0.1, 0.15) is 31.9 Å². The molecule has 0 fully saturated rings. The van der Waals surface area contributed by atoms with Crippen molar-refractivity contribution in [2.45, 2.75) is 45.3 Å². The van der Waals surface area contributed by atoms with Gasteiger partial charge in [-0.15, -0.1) is 0 Å². The number of nitrogens with zero attached hydrogens (tertiary/aromatic N) is 2. The first-order chi connectivity index (χ1) is 18.7. The number of anilines is 1. The zero-order valence-electron chi connectivity index (χ0n) is 22.7. The quantitative estimate of drug-likeness (QED) is 0.301. The number of hydrogen-bond acceptors (Lipinski definition) is 4. The zero-order chi connectivity index (χ0) is 29.7. The van der Waals surface area contributed by atoms with Gasteiger partial charge in [0.15, 0.2) is 0 Å². The van der Waals surface area contributed by atoms with Crippen LogP contribution in [0.3, 0.4) is 0 Å². The van der Waals surface area contributed by atoms with Crippen LogP contribution in [-0.4, -0.2) is 49.5 Å². The van der Waals surface area contributed by atoms with E-state index in [1.54, 1.807) is 30.3 Å². The van der Waals surface area contributed by atoms with Crippen molar-refractivity contribution in [3.63, 3.8) is 0 Å². The van der Waals surface area contributed by atoms with Crippen molar-refractivity contribution in [3.8, 4) is 0 Å². The van der Waals surface area contributed by atoms with Gasteiger partial charge in [0.2, 0.25) is 21.8 Å². The Kier molecular flexibility index (Phi) is 10.5. The maximum absolute atomic E-state index is 14.1. The van der Waals surface area contributed by atoms with E-state index in [1.165, 1.54) is 17.0 Å². The lowest BCUT2D eigenvalue weighted by molar-refractivity contribution is -0.140. The van der Waals surface area contributed by atoms with Crippen LogP contribution in [0.2, 0.25) is 15.1 Å². The predicted octanol–water partition coefficient (Wildman–Crippen LogP) is 5.97. The molecule has 0 aromatic heterocycles. The van der Waals surface area contributed by atoms with Crippen molar-refractivity contribution in [2.24, 2.45) is 0 Å². The smallest absolute Gasteiger partial charge is 0.244 e. The summed E-state index contributed by atoms with van der Waals surface area (Å²) in [5.41, 5.74) is 0.795. The van der Waals surface area contributed by atoms with Gasteiger partial charge in [0.25, 0.3) is 0 Å². The molecule has 3 rings (SSSR count). The third-order valence-corrected chi connectivity index (χ3v) is 8.11. The van der Waals surface area contributed by atoms with Crippen LogP contribution in [-0.2, 0) is 32.6 Å². The molecule has 2 amide bonds. The summed E-state index contributed by atoms with van der Waals surface area (Å²) in [5.74, 6) is -1.04. The SMILES string of the molecule is CC(C)(C)NC(=O)[C@H](Cc1ccccc1)N(Cc1c(Cl)cccc1Cl)C(=O)CN(c1ccccc1Cl)S(C)(=O)=O. The summed E-state index contributed by atoms with van der Waals surface area (Å²) in [4.78, 5) is 29.2. The molecule has 1 atom stereocenters. The fourth-order valence-electron chi connectivity index (χ4n) is 4.11. The fourth-order valence-corrected chi connectivity index (χ4v) is 5.78. The van der Waals surface area contributed by atoms with E-state index in [4.69, 9.17) is 34.8 Å². The summed E-state index contributed by atoms with van der Waals surface area (Å²) in [7, 11) is -3.94. The molecule has 0 spiro atoms. The molecule has 0 aliphatic rings. The summed E-state index contributed by atoms with van der Waals surface area (Å²) in [6.07, 6.45) is 1.16. The fraction of sp³-hybridized carbons (Fsp3) is 0.310. The molecular weight excluding hydrogens is 593 g/mol. The average Bonchev–Trinajstić information content (AvgIpc) is 2.85. The van der Waals surface area contributed by atoms with E-state index < -0.39 is 40.0 Å². The average molecular weight is 625 g/mol. The van der Waals surface area contributed by atoms with Crippen molar-refractivity contribution >= 4 is 62.3 Å². The molecule has 3 aromatic carbocycles. The molecule has 214 valence electrons. The zero-order valence-corrected chi connectivity index (χ0v) is 25.8. The molecule has 0 aliphatic carbocycles. The highest BCUT2D eigenvalue weighted by Gasteiger charge is 2.35. The predicted molar refractivity (Wildman–Crippen MR) is 162 cm³/mol. The number of hydrogen-bond donors (Lipinski definition) is 1. The Balaban J connectivity index is 2.13. The number of nitrogens with one attached hydrogen (secondary N) is 1. The number of rotatable bonds is 10. The van der Waals surface area contributed by atoms with Crippen LogP contribution in [0.15, 0.2) is 72.8 Å². The number of halogens is 3. The van der Waals surface area contributed by atoms with Crippen molar-refractivity contribution in [3.05, 3.63) is 99.0 Å². The van der Waals surface area contributed by atoms with E-state index in [9.17, 15) is 18.0 Å². The number of carbonyl (C=O) groups excluding carboxylic acids is 2. The molecule has 0 saturated heterocycles. The number of amides is 2. The Hall–Kier alpha value is -2.78.